The number of aliphatic hydroxyl groups excluding tert-OH is 1. The van der Waals surface area contributed by atoms with E-state index < -0.39 is 0 Å². The van der Waals surface area contributed by atoms with Gasteiger partial charge in [-0.25, -0.2) is 0 Å². The van der Waals surface area contributed by atoms with Gasteiger partial charge in [0.15, 0.2) is 0 Å². The molecule has 0 aliphatic rings. The number of carbonyl (C=O) groups is 1. The van der Waals surface area contributed by atoms with Crippen molar-refractivity contribution < 1.29 is 9.90 Å². The van der Waals surface area contributed by atoms with Gasteiger partial charge >= 0.3 is 0 Å². The van der Waals surface area contributed by atoms with Crippen LogP contribution in [0.15, 0.2) is 47.2 Å². The average Bonchev–Trinajstić information content (AvgIpc) is 2.45. The molecule has 0 bridgehead atoms. The highest BCUT2D eigenvalue weighted by molar-refractivity contribution is 9.10. The summed E-state index contributed by atoms with van der Waals surface area (Å²) < 4.78 is 0.766. The maximum absolute atomic E-state index is 11.9. The number of nitrogens with one attached hydrogen (secondary N) is 1. The molecule has 0 saturated carbocycles. The molecule has 0 atom stereocenters. The van der Waals surface area contributed by atoms with E-state index in [1.807, 2.05) is 24.3 Å². The van der Waals surface area contributed by atoms with E-state index in [2.05, 4.69) is 26.2 Å². The highest BCUT2D eigenvalue weighted by Crippen LogP contribution is 2.10. The Morgan fingerprint density at radius 2 is 2.05 bits per heavy atom. The summed E-state index contributed by atoms with van der Waals surface area (Å²) in [6, 6.07) is 9.17. The molecule has 19 heavy (non-hydrogen) atoms. The summed E-state index contributed by atoms with van der Waals surface area (Å²) in [4.78, 5) is 15.9. The fraction of sp³-hybridized carbons (Fsp3) is 0.143. The second-order valence-corrected chi connectivity index (χ2v) is 4.97. The third-order valence-corrected chi connectivity index (χ3v) is 3.03. The fourth-order valence-corrected chi connectivity index (χ4v) is 2.02. The van der Waals surface area contributed by atoms with Gasteiger partial charge in [0.2, 0.25) is 0 Å². The molecule has 0 spiro atoms. The number of hydrogen-bond acceptors (Lipinski definition) is 3. The molecule has 4 nitrogen and oxygen atoms in total. The molecule has 0 saturated heterocycles. The maximum Gasteiger partial charge on any atom is 0.253 e. The van der Waals surface area contributed by atoms with Crippen LogP contribution in [0.2, 0.25) is 0 Å². The monoisotopic (exact) mass is 320 g/mol. The molecule has 1 aromatic heterocycles. The van der Waals surface area contributed by atoms with E-state index in [-0.39, 0.29) is 12.5 Å². The van der Waals surface area contributed by atoms with Crippen molar-refractivity contribution in [3.8, 4) is 0 Å². The molecule has 0 unspecified atom stereocenters. The fourth-order valence-electron chi connectivity index (χ4n) is 1.66. The normalized spacial score (nSPS) is 10.2. The summed E-state index contributed by atoms with van der Waals surface area (Å²) in [5, 5.41) is 11.9. The predicted molar refractivity (Wildman–Crippen MR) is 75.5 cm³/mol. The lowest BCUT2D eigenvalue weighted by molar-refractivity contribution is 0.0950. The van der Waals surface area contributed by atoms with Gasteiger partial charge in [-0.1, -0.05) is 24.3 Å². The number of carbonyl (C=O) groups excluding carboxylic acids is 1. The third-order valence-electron chi connectivity index (χ3n) is 2.59. The summed E-state index contributed by atoms with van der Waals surface area (Å²) in [5.74, 6) is -0.178. The highest BCUT2D eigenvalue weighted by atomic mass is 79.9. The summed E-state index contributed by atoms with van der Waals surface area (Å²) in [6.07, 6.45) is 3.14. The zero-order valence-electron chi connectivity index (χ0n) is 10.1. The molecular formula is C14H13BrN2O2. The van der Waals surface area contributed by atoms with Crippen LogP contribution in [0.4, 0.5) is 0 Å². The van der Waals surface area contributed by atoms with Gasteiger partial charge in [-0.05, 0) is 33.1 Å². The molecule has 0 aliphatic carbocycles. The second-order valence-electron chi connectivity index (χ2n) is 4.05. The molecule has 1 amide bonds. The van der Waals surface area contributed by atoms with Crippen molar-refractivity contribution in [2.45, 2.75) is 13.2 Å². The Hall–Kier alpha value is -1.72. The molecule has 0 radical (unpaired) electrons. The van der Waals surface area contributed by atoms with Crippen molar-refractivity contribution in [1.29, 1.82) is 0 Å². The van der Waals surface area contributed by atoms with Crippen LogP contribution in [0.5, 0.6) is 0 Å². The molecule has 5 heteroatoms. The summed E-state index contributed by atoms with van der Waals surface area (Å²) in [7, 11) is 0. The first-order valence-corrected chi connectivity index (χ1v) is 6.56. The molecule has 2 rings (SSSR count). The lowest BCUT2D eigenvalue weighted by Gasteiger charge is -2.06. The van der Waals surface area contributed by atoms with E-state index >= 15 is 0 Å². The standard InChI is InChI=1S/C14H13BrN2O2/c15-13-5-12(7-16-8-13)14(19)17-6-10-2-1-3-11(4-10)9-18/h1-5,7-8,18H,6,9H2,(H,17,19). The van der Waals surface area contributed by atoms with Gasteiger partial charge in [0, 0.05) is 23.4 Å². The Morgan fingerprint density at radius 1 is 1.26 bits per heavy atom. The maximum atomic E-state index is 11.9. The zero-order valence-corrected chi connectivity index (χ0v) is 11.7. The van der Waals surface area contributed by atoms with Crippen LogP contribution in [-0.4, -0.2) is 16.0 Å². The lowest BCUT2D eigenvalue weighted by atomic mass is 10.1. The minimum absolute atomic E-state index is 0.00264. The van der Waals surface area contributed by atoms with Crippen LogP contribution in [0.1, 0.15) is 21.5 Å². The summed E-state index contributed by atoms with van der Waals surface area (Å²) in [6.45, 7) is 0.413. The van der Waals surface area contributed by atoms with Crippen LogP contribution in [0, 0.1) is 0 Å². The van der Waals surface area contributed by atoms with Crippen molar-refractivity contribution in [3.63, 3.8) is 0 Å². The smallest absolute Gasteiger partial charge is 0.253 e. The topological polar surface area (TPSA) is 62.2 Å². The Kier molecular flexibility index (Phi) is 4.65. The predicted octanol–water partition coefficient (Wildman–Crippen LogP) is 2.27. The number of halogens is 1. The Bertz CT molecular complexity index is 587. The molecule has 0 fully saturated rings. The largest absolute Gasteiger partial charge is 0.392 e. The van der Waals surface area contributed by atoms with Gasteiger partial charge in [0.05, 0.1) is 12.2 Å². The van der Waals surface area contributed by atoms with Crippen molar-refractivity contribution >= 4 is 21.8 Å². The first-order chi connectivity index (χ1) is 9.19. The van der Waals surface area contributed by atoms with E-state index in [4.69, 9.17) is 5.11 Å². The van der Waals surface area contributed by atoms with Crippen molar-refractivity contribution in [2.24, 2.45) is 0 Å². The average molecular weight is 321 g/mol. The lowest BCUT2D eigenvalue weighted by Crippen LogP contribution is -2.22. The van der Waals surface area contributed by atoms with Crippen LogP contribution < -0.4 is 5.32 Å². The number of amides is 1. The van der Waals surface area contributed by atoms with E-state index in [1.54, 1.807) is 12.3 Å². The van der Waals surface area contributed by atoms with Gasteiger partial charge in [-0.2, -0.15) is 0 Å². The van der Waals surface area contributed by atoms with Gasteiger partial charge in [-0.15, -0.1) is 0 Å². The van der Waals surface area contributed by atoms with Crippen LogP contribution >= 0.6 is 15.9 Å². The molecule has 1 heterocycles. The minimum Gasteiger partial charge on any atom is -0.392 e. The molecule has 2 N–H and O–H groups in total. The van der Waals surface area contributed by atoms with Gasteiger partial charge < -0.3 is 10.4 Å². The first-order valence-electron chi connectivity index (χ1n) is 5.76. The number of pyridine rings is 1. The van der Waals surface area contributed by atoms with Gasteiger partial charge in [-0.3, -0.25) is 9.78 Å². The molecule has 98 valence electrons. The minimum atomic E-state index is -0.178. The highest BCUT2D eigenvalue weighted by Gasteiger charge is 2.06. The Labute approximate surface area is 119 Å². The number of benzene rings is 1. The van der Waals surface area contributed by atoms with E-state index in [0.717, 1.165) is 15.6 Å². The van der Waals surface area contributed by atoms with Gasteiger partial charge in [0.1, 0.15) is 0 Å². The van der Waals surface area contributed by atoms with Crippen molar-refractivity contribution in [3.05, 3.63) is 63.9 Å². The number of aliphatic hydroxyl groups is 1. The Morgan fingerprint density at radius 3 is 2.79 bits per heavy atom. The van der Waals surface area contributed by atoms with Crippen molar-refractivity contribution in [2.75, 3.05) is 0 Å². The van der Waals surface area contributed by atoms with Crippen LogP contribution in [0.25, 0.3) is 0 Å². The number of rotatable bonds is 4. The number of hydrogen-bond donors (Lipinski definition) is 2. The van der Waals surface area contributed by atoms with Crippen LogP contribution in [0.3, 0.4) is 0 Å². The first kappa shape index (κ1) is 13.7. The number of nitrogens with zero attached hydrogens (tertiary/aromatic N) is 1. The quantitative estimate of drug-likeness (QED) is 0.908. The number of aromatic nitrogens is 1. The van der Waals surface area contributed by atoms with Crippen molar-refractivity contribution in [1.82, 2.24) is 10.3 Å². The molecule has 2 aromatic rings. The SMILES string of the molecule is O=C(NCc1cccc(CO)c1)c1cncc(Br)c1. The molecule has 0 aliphatic heterocycles. The summed E-state index contributed by atoms with van der Waals surface area (Å²) >= 11 is 3.28. The summed E-state index contributed by atoms with van der Waals surface area (Å²) in [5.41, 5.74) is 2.28. The third kappa shape index (κ3) is 3.87. The Balaban J connectivity index is 2.00. The van der Waals surface area contributed by atoms with Gasteiger partial charge in [0.25, 0.3) is 5.91 Å². The molecule has 1 aromatic carbocycles. The van der Waals surface area contributed by atoms with Crippen LogP contribution in [-0.2, 0) is 13.2 Å². The zero-order chi connectivity index (χ0) is 13.7. The van der Waals surface area contributed by atoms with E-state index in [0.29, 0.717) is 12.1 Å². The second kappa shape index (κ2) is 6.45. The molecular weight excluding hydrogens is 308 g/mol. The van der Waals surface area contributed by atoms with E-state index in [1.165, 1.54) is 6.20 Å². The van der Waals surface area contributed by atoms with E-state index in [9.17, 15) is 4.79 Å².